The largest absolute Gasteiger partial charge is 0.389 e. The molecule has 0 radical (unpaired) electrons. The zero-order valence-corrected chi connectivity index (χ0v) is 12.2. The second-order valence-electron chi connectivity index (χ2n) is 3.54. The molecule has 88 valence electrons. The van der Waals surface area contributed by atoms with E-state index in [4.69, 9.17) is 18.0 Å². The first-order chi connectivity index (χ1) is 8.16. The van der Waals surface area contributed by atoms with Crippen LogP contribution in [0.4, 0.5) is 5.69 Å². The van der Waals surface area contributed by atoms with Crippen LogP contribution in [0, 0.1) is 0 Å². The molecule has 1 aromatic carbocycles. The van der Waals surface area contributed by atoms with Crippen LogP contribution in [0.1, 0.15) is 11.1 Å². The summed E-state index contributed by atoms with van der Waals surface area (Å²) in [6, 6.07) is 7.93. The van der Waals surface area contributed by atoms with Gasteiger partial charge in [-0.2, -0.15) is 11.3 Å². The summed E-state index contributed by atoms with van der Waals surface area (Å²) in [6.45, 7) is 0.814. The lowest BCUT2D eigenvalue weighted by Gasteiger charge is -2.09. The van der Waals surface area contributed by atoms with Crippen LogP contribution in [0.5, 0.6) is 0 Å². The fraction of sp³-hybridized carbons (Fsp3) is 0.0833. The van der Waals surface area contributed by atoms with Gasteiger partial charge in [-0.05, 0) is 56.5 Å². The lowest BCUT2D eigenvalue weighted by atomic mass is 10.2. The normalized spacial score (nSPS) is 10.2. The molecule has 17 heavy (non-hydrogen) atoms. The average molecular weight is 327 g/mol. The Morgan fingerprint density at radius 2 is 2.24 bits per heavy atom. The van der Waals surface area contributed by atoms with Crippen LogP contribution in [0.25, 0.3) is 0 Å². The fourth-order valence-electron chi connectivity index (χ4n) is 1.40. The van der Waals surface area contributed by atoms with E-state index in [1.807, 2.05) is 18.2 Å². The molecule has 0 spiro atoms. The van der Waals surface area contributed by atoms with Crippen LogP contribution in [-0.2, 0) is 6.54 Å². The van der Waals surface area contributed by atoms with Crippen LogP contribution in [0.3, 0.4) is 0 Å². The van der Waals surface area contributed by atoms with Gasteiger partial charge in [-0.1, -0.05) is 12.2 Å². The molecule has 0 aliphatic carbocycles. The van der Waals surface area contributed by atoms with E-state index in [1.54, 1.807) is 11.3 Å². The second-order valence-corrected chi connectivity index (χ2v) is 5.62. The molecule has 1 aromatic heterocycles. The number of halogens is 1. The van der Waals surface area contributed by atoms with Gasteiger partial charge in [-0.3, -0.25) is 0 Å². The SMILES string of the molecule is NC(=S)c1ccc(NCc2ccsc2)c(Br)c1. The van der Waals surface area contributed by atoms with Crippen molar-refractivity contribution in [2.24, 2.45) is 5.73 Å². The predicted molar refractivity (Wildman–Crippen MR) is 81.7 cm³/mol. The maximum atomic E-state index is 5.58. The molecule has 3 N–H and O–H groups in total. The first kappa shape index (κ1) is 12.5. The Morgan fingerprint density at radius 1 is 1.41 bits per heavy atom. The van der Waals surface area contributed by atoms with Gasteiger partial charge in [0.05, 0.1) is 0 Å². The van der Waals surface area contributed by atoms with E-state index in [0.717, 1.165) is 22.3 Å². The maximum absolute atomic E-state index is 5.58. The summed E-state index contributed by atoms with van der Waals surface area (Å²) >= 11 is 10.1. The van der Waals surface area contributed by atoms with Crippen molar-refractivity contribution in [1.29, 1.82) is 0 Å². The van der Waals surface area contributed by atoms with Gasteiger partial charge in [0.1, 0.15) is 4.99 Å². The van der Waals surface area contributed by atoms with E-state index < -0.39 is 0 Å². The average Bonchev–Trinajstić information content (AvgIpc) is 2.80. The molecule has 2 rings (SSSR count). The molecule has 1 heterocycles. The van der Waals surface area contributed by atoms with E-state index in [0.29, 0.717) is 4.99 Å². The molecule has 0 aliphatic heterocycles. The summed E-state index contributed by atoms with van der Waals surface area (Å²) in [5.41, 5.74) is 8.76. The van der Waals surface area contributed by atoms with Gasteiger partial charge in [0.25, 0.3) is 0 Å². The molecule has 0 amide bonds. The maximum Gasteiger partial charge on any atom is 0.104 e. The smallest absolute Gasteiger partial charge is 0.104 e. The number of hydrogen-bond acceptors (Lipinski definition) is 3. The summed E-state index contributed by atoms with van der Waals surface area (Å²) in [6.07, 6.45) is 0. The molecule has 2 aromatic rings. The highest BCUT2D eigenvalue weighted by Gasteiger charge is 2.03. The Kier molecular flexibility index (Phi) is 4.15. The number of anilines is 1. The highest BCUT2D eigenvalue weighted by Crippen LogP contribution is 2.24. The number of thiocarbonyl (C=S) groups is 1. The molecule has 0 saturated heterocycles. The van der Waals surface area contributed by atoms with E-state index in [-0.39, 0.29) is 0 Å². The van der Waals surface area contributed by atoms with Gasteiger partial charge in [0.15, 0.2) is 0 Å². The Morgan fingerprint density at radius 3 is 2.82 bits per heavy atom. The van der Waals surface area contributed by atoms with Gasteiger partial charge in [-0.25, -0.2) is 0 Å². The van der Waals surface area contributed by atoms with E-state index in [9.17, 15) is 0 Å². The van der Waals surface area contributed by atoms with Gasteiger partial charge in [0, 0.05) is 22.3 Å². The van der Waals surface area contributed by atoms with E-state index in [1.165, 1.54) is 5.56 Å². The van der Waals surface area contributed by atoms with Crippen LogP contribution in [-0.4, -0.2) is 4.99 Å². The van der Waals surface area contributed by atoms with Crippen molar-refractivity contribution in [3.63, 3.8) is 0 Å². The summed E-state index contributed by atoms with van der Waals surface area (Å²) in [4.78, 5) is 0.412. The molecular formula is C12H11BrN2S2. The van der Waals surface area contributed by atoms with Crippen molar-refractivity contribution < 1.29 is 0 Å². The van der Waals surface area contributed by atoms with Gasteiger partial charge >= 0.3 is 0 Å². The standard InChI is InChI=1S/C12H11BrN2S2/c13-10-5-9(12(14)16)1-2-11(10)15-6-8-3-4-17-7-8/h1-5,7,15H,6H2,(H2,14,16). The zero-order valence-electron chi connectivity index (χ0n) is 8.94. The minimum atomic E-state index is 0.412. The zero-order chi connectivity index (χ0) is 12.3. The van der Waals surface area contributed by atoms with Gasteiger partial charge in [-0.15, -0.1) is 0 Å². The number of benzene rings is 1. The first-order valence-corrected chi connectivity index (χ1v) is 7.15. The molecule has 0 fully saturated rings. The Hall–Kier alpha value is -0.910. The van der Waals surface area contributed by atoms with Crippen molar-refractivity contribution in [1.82, 2.24) is 0 Å². The molecule has 2 nitrogen and oxygen atoms in total. The summed E-state index contributed by atoms with van der Waals surface area (Å²) in [7, 11) is 0. The van der Waals surface area contributed by atoms with Crippen molar-refractivity contribution in [2.75, 3.05) is 5.32 Å². The van der Waals surface area contributed by atoms with E-state index in [2.05, 4.69) is 38.1 Å². The highest BCUT2D eigenvalue weighted by atomic mass is 79.9. The molecular weight excluding hydrogens is 316 g/mol. The molecule has 0 bridgehead atoms. The summed E-state index contributed by atoms with van der Waals surface area (Å²) < 4.78 is 0.970. The van der Waals surface area contributed by atoms with Crippen LogP contribution >= 0.6 is 39.5 Å². The first-order valence-electron chi connectivity index (χ1n) is 5.01. The monoisotopic (exact) mass is 326 g/mol. The Bertz CT molecular complexity index is 523. The lowest BCUT2D eigenvalue weighted by Crippen LogP contribution is -2.09. The number of hydrogen-bond donors (Lipinski definition) is 2. The number of rotatable bonds is 4. The Labute approximate surface area is 118 Å². The van der Waals surface area contributed by atoms with Crippen molar-refractivity contribution >= 4 is 50.2 Å². The van der Waals surface area contributed by atoms with Crippen LogP contribution in [0.2, 0.25) is 0 Å². The molecule has 5 heteroatoms. The second kappa shape index (κ2) is 5.62. The predicted octanol–water partition coefficient (Wildman–Crippen LogP) is 3.76. The molecule has 0 unspecified atom stereocenters. The lowest BCUT2D eigenvalue weighted by molar-refractivity contribution is 1.16. The van der Waals surface area contributed by atoms with Crippen molar-refractivity contribution in [3.05, 3.63) is 50.6 Å². The Balaban J connectivity index is 2.09. The third-order valence-corrected chi connectivity index (χ3v) is 3.94. The quantitative estimate of drug-likeness (QED) is 0.840. The van der Waals surface area contributed by atoms with Crippen LogP contribution in [0.15, 0.2) is 39.5 Å². The fourth-order valence-corrected chi connectivity index (χ4v) is 2.72. The summed E-state index contributed by atoms with van der Waals surface area (Å²) in [5, 5.41) is 7.56. The number of nitrogens with one attached hydrogen (secondary N) is 1. The summed E-state index contributed by atoms with van der Waals surface area (Å²) in [5.74, 6) is 0. The van der Waals surface area contributed by atoms with Gasteiger partial charge in [0.2, 0.25) is 0 Å². The number of thiophene rings is 1. The van der Waals surface area contributed by atoms with Crippen LogP contribution < -0.4 is 11.1 Å². The minimum Gasteiger partial charge on any atom is -0.389 e. The molecule has 0 atom stereocenters. The van der Waals surface area contributed by atoms with Crippen molar-refractivity contribution in [3.8, 4) is 0 Å². The topological polar surface area (TPSA) is 38.0 Å². The van der Waals surface area contributed by atoms with E-state index >= 15 is 0 Å². The number of nitrogens with two attached hydrogens (primary N) is 1. The van der Waals surface area contributed by atoms with Crippen molar-refractivity contribution in [2.45, 2.75) is 6.54 Å². The third-order valence-electron chi connectivity index (χ3n) is 2.32. The third kappa shape index (κ3) is 3.28. The minimum absolute atomic E-state index is 0.412. The van der Waals surface area contributed by atoms with Gasteiger partial charge < -0.3 is 11.1 Å². The molecule has 0 saturated carbocycles. The molecule has 0 aliphatic rings. The highest BCUT2D eigenvalue weighted by molar-refractivity contribution is 9.10.